The minimum Gasteiger partial charge on any atom is -0.369 e. The number of nitrogens with zero attached hydrogens (tertiary/aromatic N) is 4. The molecule has 2 N–H and O–H groups in total. The van der Waals surface area contributed by atoms with Gasteiger partial charge >= 0.3 is 0 Å². The number of amidine groups is 1. The zero-order valence-corrected chi connectivity index (χ0v) is 18.7. The monoisotopic (exact) mass is 458 g/mol. The lowest BCUT2D eigenvalue weighted by molar-refractivity contribution is -0.115. The molecule has 2 aromatic heterocycles. The molecule has 3 aromatic rings. The van der Waals surface area contributed by atoms with Crippen LogP contribution in [-0.2, 0) is 4.79 Å². The molecule has 5 rings (SSSR count). The minimum absolute atomic E-state index is 0. The first kappa shape index (κ1) is 22.8. The van der Waals surface area contributed by atoms with Crippen LogP contribution in [0.3, 0.4) is 0 Å². The molecule has 0 aliphatic carbocycles. The second-order valence-electron chi connectivity index (χ2n) is 7.42. The maximum Gasteiger partial charge on any atom is 0.275 e. The Morgan fingerprint density at radius 3 is 2.52 bits per heavy atom. The number of aliphatic imine (C=N–C) groups is 1. The van der Waals surface area contributed by atoms with Gasteiger partial charge in [0.25, 0.3) is 5.91 Å². The molecular formula is C22H24Cl2N6O. The third-order valence-corrected chi connectivity index (χ3v) is 5.48. The topological polar surface area (TPSA) is 76.6 Å². The van der Waals surface area contributed by atoms with Crippen molar-refractivity contribution < 1.29 is 4.79 Å². The number of aromatic nitrogens is 2. The number of anilines is 1. The number of rotatable bonds is 3. The van der Waals surface area contributed by atoms with Gasteiger partial charge in [-0.25, -0.2) is 9.98 Å². The van der Waals surface area contributed by atoms with E-state index < -0.39 is 0 Å². The molecule has 1 aromatic carbocycles. The van der Waals surface area contributed by atoms with Crippen LogP contribution in [0.1, 0.15) is 11.1 Å². The van der Waals surface area contributed by atoms with Crippen molar-refractivity contribution in [3.63, 3.8) is 0 Å². The molecule has 1 fully saturated rings. The second-order valence-corrected chi connectivity index (χ2v) is 7.42. The number of halogens is 2. The summed E-state index contributed by atoms with van der Waals surface area (Å²) in [4.78, 5) is 29.1. The largest absolute Gasteiger partial charge is 0.369 e. The molecule has 1 amide bonds. The highest BCUT2D eigenvalue weighted by Crippen LogP contribution is 2.22. The number of benzene rings is 1. The van der Waals surface area contributed by atoms with Gasteiger partial charge in [0.1, 0.15) is 17.2 Å². The highest BCUT2D eigenvalue weighted by Gasteiger charge is 2.22. The summed E-state index contributed by atoms with van der Waals surface area (Å²) in [6.07, 6.45) is 5.37. The van der Waals surface area contributed by atoms with Crippen molar-refractivity contribution in [1.82, 2.24) is 20.2 Å². The molecule has 0 bridgehead atoms. The van der Waals surface area contributed by atoms with Gasteiger partial charge in [-0.3, -0.25) is 4.79 Å². The number of fused-ring (bicyclic) bond motifs is 1. The highest BCUT2D eigenvalue weighted by atomic mass is 35.5. The molecule has 2 aliphatic rings. The van der Waals surface area contributed by atoms with E-state index in [0.29, 0.717) is 11.5 Å². The molecule has 0 saturated carbocycles. The predicted molar refractivity (Wildman–Crippen MR) is 129 cm³/mol. The quantitative estimate of drug-likeness (QED) is 0.591. The fourth-order valence-electron chi connectivity index (χ4n) is 3.74. The Labute approximate surface area is 193 Å². The first-order valence-electron chi connectivity index (χ1n) is 9.75. The molecule has 1 saturated heterocycles. The molecule has 31 heavy (non-hydrogen) atoms. The molecule has 9 heteroatoms. The van der Waals surface area contributed by atoms with Crippen LogP contribution < -0.4 is 10.2 Å². The van der Waals surface area contributed by atoms with Crippen LogP contribution in [0, 0.1) is 0 Å². The van der Waals surface area contributed by atoms with Gasteiger partial charge in [0, 0.05) is 60.8 Å². The van der Waals surface area contributed by atoms with Gasteiger partial charge in [0.15, 0.2) is 0 Å². The number of hydrogen-bond donors (Lipinski definition) is 2. The SMILES string of the molecule is CN1CCN(c2ccc(C3=NC(=Cc4c[nH]c5ncccc45)C(=O)N3)cc2)CC1.Cl.Cl. The summed E-state index contributed by atoms with van der Waals surface area (Å²) in [6, 6.07) is 12.1. The number of piperazine rings is 1. The standard InChI is InChI=1S/C22H22N6O.2ClH/c1-27-9-11-28(12-10-27)17-6-4-15(5-7-17)20-25-19(22(29)26-20)13-16-14-24-21-18(16)3-2-8-23-21;;/h2-8,13-14H,9-12H2,1H3,(H,23,24)(H,25,26,29);2*1H. The number of hydrogen-bond acceptors (Lipinski definition) is 5. The molecule has 162 valence electrons. The molecule has 0 atom stereocenters. The number of pyridine rings is 1. The maximum atomic E-state index is 12.4. The van der Waals surface area contributed by atoms with Crippen molar-refractivity contribution in [2.45, 2.75) is 0 Å². The smallest absolute Gasteiger partial charge is 0.275 e. The molecular weight excluding hydrogens is 435 g/mol. The van der Waals surface area contributed by atoms with Crippen LogP contribution in [0.2, 0.25) is 0 Å². The number of carbonyl (C=O) groups is 1. The van der Waals surface area contributed by atoms with Gasteiger partial charge in [-0.05, 0) is 49.5 Å². The number of amides is 1. The molecule has 2 aliphatic heterocycles. The lowest BCUT2D eigenvalue weighted by Gasteiger charge is -2.34. The predicted octanol–water partition coefficient (Wildman–Crippen LogP) is 3.08. The zero-order valence-electron chi connectivity index (χ0n) is 17.0. The van der Waals surface area contributed by atoms with Crippen molar-refractivity contribution in [3.05, 3.63) is 65.6 Å². The van der Waals surface area contributed by atoms with Gasteiger partial charge in [-0.2, -0.15) is 0 Å². The summed E-state index contributed by atoms with van der Waals surface area (Å²) in [7, 11) is 2.15. The van der Waals surface area contributed by atoms with E-state index in [2.05, 4.69) is 49.3 Å². The van der Waals surface area contributed by atoms with Gasteiger partial charge < -0.3 is 20.1 Å². The van der Waals surface area contributed by atoms with E-state index in [1.54, 1.807) is 12.3 Å². The maximum absolute atomic E-state index is 12.4. The Kier molecular flexibility index (Phi) is 7.00. The van der Waals surface area contributed by atoms with Crippen LogP contribution in [0.15, 0.2) is 59.5 Å². The van der Waals surface area contributed by atoms with Crippen LogP contribution >= 0.6 is 24.8 Å². The van der Waals surface area contributed by atoms with Gasteiger partial charge in [0.05, 0.1) is 0 Å². The van der Waals surface area contributed by atoms with Gasteiger partial charge in [-0.1, -0.05) is 0 Å². The molecule has 7 nitrogen and oxygen atoms in total. The van der Waals surface area contributed by atoms with E-state index in [-0.39, 0.29) is 30.7 Å². The van der Waals surface area contributed by atoms with Crippen LogP contribution in [0.4, 0.5) is 5.69 Å². The normalized spacial score (nSPS) is 17.8. The fraction of sp³-hybridized carbons (Fsp3) is 0.227. The molecule has 0 radical (unpaired) electrons. The Morgan fingerprint density at radius 1 is 1.03 bits per heavy atom. The summed E-state index contributed by atoms with van der Waals surface area (Å²) in [6.45, 7) is 4.20. The summed E-state index contributed by atoms with van der Waals surface area (Å²) in [5.74, 6) is 0.394. The van der Waals surface area contributed by atoms with Crippen molar-refractivity contribution in [3.8, 4) is 0 Å². The van der Waals surface area contributed by atoms with E-state index in [0.717, 1.165) is 48.3 Å². The Bertz CT molecular complexity index is 1130. The molecule has 0 unspecified atom stereocenters. The first-order valence-corrected chi connectivity index (χ1v) is 9.75. The van der Waals surface area contributed by atoms with Crippen LogP contribution in [0.25, 0.3) is 17.1 Å². The van der Waals surface area contributed by atoms with E-state index in [1.807, 2.05) is 30.5 Å². The molecule has 4 heterocycles. The fourth-order valence-corrected chi connectivity index (χ4v) is 3.74. The zero-order chi connectivity index (χ0) is 19.8. The third-order valence-electron chi connectivity index (χ3n) is 5.48. The summed E-state index contributed by atoms with van der Waals surface area (Å²) >= 11 is 0. The average Bonchev–Trinajstić information content (AvgIpc) is 3.33. The number of carbonyl (C=O) groups excluding carboxylic acids is 1. The van der Waals surface area contributed by atoms with E-state index in [4.69, 9.17) is 0 Å². The number of likely N-dealkylation sites (N-methyl/N-ethyl adjacent to an activating group) is 1. The van der Waals surface area contributed by atoms with Crippen LogP contribution in [-0.4, -0.2) is 59.8 Å². The number of nitrogens with one attached hydrogen (secondary N) is 2. The summed E-state index contributed by atoms with van der Waals surface area (Å²) < 4.78 is 0. The molecule has 0 spiro atoms. The van der Waals surface area contributed by atoms with Crippen molar-refractivity contribution in [1.29, 1.82) is 0 Å². The summed E-state index contributed by atoms with van der Waals surface area (Å²) in [5, 5.41) is 3.85. The van der Waals surface area contributed by atoms with Crippen molar-refractivity contribution >= 4 is 59.4 Å². The lowest BCUT2D eigenvalue weighted by Crippen LogP contribution is -2.44. The summed E-state index contributed by atoms with van der Waals surface area (Å²) in [5.41, 5.74) is 4.19. The first-order chi connectivity index (χ1) is 14.2. The minimum atomic E-state index is -0.193. The van der Waals surface area contributed by atoms with E-state index in [1.165, 1.54) is 5.69 Å². The van der Waals surface area contributed by atoms with E-state index >= 15 is 0 Å². The Hall–Kier alpha value is -2.87. The lowest BCUT2D eigenvalue weighted by atomic mass is 10.1. The van der Waals surface area contributed by atoms with Crippen molar-refractivity contribution in [2.75, 3.05) is 38.1 Å². The Morgan fingerprint density at radius 2 is 1.77 bits per heavy atom. The number of aromatic amines is 1. The average molecular weight is 459 g/mol. The number of H-pyrrole nitrogens is 1. The van der Waals surface area contributed by atoms with Gasteiger partial charge in [0.2, 0.25) is 0 Å². The Balaban J connectivity index is 0.00000136. The van der Waals surface area contributed by atoms with Crippen LogP contribution in [0.5, 0.6) is 0 Å². The second kappa shape index (κ2) is 9.51. The highest BCUT2D eigenvalue weighted by molar-refractivity contribution is 6.20. The third kappa shape index (κ3) is 4.58. The van der Waals surface area contributed by atoms with Crippen molar-refractivity contribution in [2.24, 2.45) is 4.99 Å². The van der Waals surface area contributed by atoms with E-state index in [9.17, 15) is 4.79 Å². The van der Waals surface area contributed by atoms with Gasteiger partial charge in [-0.15, -0.1) is 24.8 Å².